The zero-order valence-corrected chi connectivity index (χ0v) is 13.2. The van der Waals surface area contributed by atoms with Crippen LogP contribution in [0, 0.1) is 0 Å². The molecule has 1 aliphatic rings. The summed E-state index contributed by atoms with van der Waals surface area (Å²) in [6.07, 6.45) is 1.14. The van der Waals surface area contributed by atoms with Crippen molar-refractivity contribution in [1.82, 2.24) is 0 Å². The second-order valence-corrected chi connectivity index (χ2v) is 6.24. The number of rotatable bonds is 3. The average molecular weight is 317 g/mol. The first-order chi connectivity index (χ1) is 10.1. The second kappa shape index (κ2) is 6.04. The van der Waals surface area contributed by atoms with Gasteiger partial charge < -0.3 is 10.6 Å². The van der Waals surface area contributed by atoms with Gasteiger partial charge in [0, 0.05) is 35.3 Å². The first-order valence-electron chi connectivity index (χ1n) is 7.04. The molecule has 2 aromatic carbocycles. The monoisotopic (exact) mass is 316 g/mol. The normalized spacial score (nSPS) is 18.0. The van der Waals surface area contributed by atoms with E-state index in [0.717, 1.165) is 30.8 Å². The fourth-order valence-corrected chi connectivity index (χ4v) is 3.29. The number of nitrogens with two attached hydrogens (primary N) is 1. The zero-order chi connectivity index (χ0) is 14.8. The van der Waals surface area contributed by atoms with Crippen LogP contribution in [0.2, 0.25) is 5.02 Å². The molecule has 21 heavy (non-hydrogen) atoms. The van der Waals surface area contributed by atoms with E-state index in [9.17, 15) is 0 Å². The molecule has 2 nitrogen and oxygen atoms in total. The summed E-state index contributed by atoms with van der Waals surface area (Å²) in [7, 11) is 0. The number of halogens is 1. The maximum Gasteiger partial charge on any atom is 0.106 e. The quantitative estimate of drug-likeness (QED) is 0.869. The van der Waals surface area contributed by atoms with Crippen molar-refractivity contribution in [2.45, 2.75) is 12.3 Å². The van der Waals surface area contributed by atoms with Crippen LogP contribution in [-0.4, -0.2) is 18.1 Å². The Morgan fingerprint density at radius 2 is 1.95 bits per heavy atom. The maximum atomic E-state index is 6.06. The van der Waals surface area contributed by atoms with Gasteiger partial charge >= 0.3 is 0 Å². The second-order valence-electron chi connectivity index (χ2n) is 5.37. The summed E-state index contributed by atoms with van der Waals surface area (Å²) in [6, 6.07) is 16.4. The highest BCUT2D eigenvalue weighted by molar-refractivity contribution is 7.80. The lowest BCUT2D eigenvalue weighted by molar-refractivity contribution is 0.775. The van der Waals surface area contributed by atoms with Crippen molar-refractivity contribution in [1.29, 1.82) is 0 Å². The molecule has 3 rings (SSSR count). The molecule has 1 saturated heterocycles. The van der Waals surface area contributed by atoms with Gasteiger partial charge in [0.15, 0.2) is 0 Å². The molecule has 2 N–H and O–H groups in total. The van der Waals surface area contributed by atoms with Crippen LogP contribution in [-0.2, 0) is 0 Å². The maximum absolute atomic E-state index is 6.06. The third kappa shape index (κ3) is 3.04. The first-order valence-corrected chi connectivity index (χ1v) is 7.83. The van der Waals surface area contributed by atoms with Gasteiger partial charge in [0.1, 0.15) is 4.99 Å². The Bertz CT molecular complexity index is 657. The van der Waals surface area contributed by atoms with Crippen molar-refractivity contribution in [2.24, 2.45) is 5.73 Å². The molecule has 4 heteroatoms. The third-order valence-electron chi connectivity index (χ3n) is 4.02. The van der Waals surface area contributed by atoms with E-state index in [0.29, 0.717) is 15.9 Å². The molecule has 2 aromatic rings. The Morgan fingerprint density at radius 1 is 1.19 bits per heavy atom. The van der Waals surface area contributed by atoms with Gasteiger partial charge in [-0.15, -0.1) is 0 Å². The highest BCUT2D eigenvalue weighted by Gasteiger charge is 2.25. The lowest BCUT2D eigenvalue weighted by atomic mass is 9.99. The van der Waals surface area contributed by atoms with Crippen LogP contribution in [0.15, 0.2) is 48.5 Å². The van der Waals surface area contributed by atoms with Crippen molar-refractivity contribution < 1.29 is 0 Å². The average Bonchev–Trinajstić information content (AvgIpc) is 2.97. The van der Waals surface area contributed by atoms with E-state index in [1.165, 1.54) is 5.56 Å². The van der Waals surface area contributed by atoms with Gasteiger partial charge in [0.2, 0.25) is 0 Å². The minimum atomic E-state index is 0.399. The lowest BCUT2D eigenvalue weighted by Gasteiger charge is -2.22. The fourth-order valence-electron chi connectivity index (χ4n) is 2.96. The van der Waals surface area contributed by atoms with Crippen LogP contribution in [0.1, 0.15) is 23.5 Å². The van der Waals surface area contributed by atoms with Crippen LogP contribution in [0.4, 0.5) is 5.69 Å². The molecule has 1 unspecified atom stereocenters. The van der Waals surface area contributed by atoms with Gasteiger partial charge in [0.25, 0.3) is 0 Å². The molecule has 0 bridgehead atoms. The largest absolute Gasteiger partial charge is 0.389 e. The summed E-state index contributed by atoms with van der Waals surface area (Å²) in [5.41, 5.74) is 9.19. The number of hydrogen-bond donors (Lipinski definition) is 1. The predicted molar refractivity (Wildman–Crippen MR) is 93.4 cm³/mol. The van der Waals surface area contributed by atoms with E-state index < -0.39 is 0 Å². The molecule has 0 spiro atoms. The highest BCUT2D eigenvalue weighted by atomic mass is 35.5. The van der Waals surface area contributed by atoms with Crippen molar-refractivity contribution >= 4 is 34.5 Å². The van der Waals surface area contributed by atoms with Crippen molar-refractivity contribution in [3.8, 4) is 0 Å². The first kappa shape index (κ1) is 14.4. The number of benzene rings is 2. The molecule has 0 amide bonds. The SMILES string of the molecule is NC(=S)c1cc(Cl)ccc1N1CCC(c2ccccc2)C1. The number of nitrogens with zero attached hydrogens (tertiary/aromatic N) is 1. The summed E-state index contributed by atoms with van der Waals surface area (Å²) in [6.45, 7) is 2.00. The van der Waals surface area contributed by atoms with Crippen molar-refractivity contribution in [2.75, 3.05) is 18.0 Å². The smallest absolute Gasteiger partial charge is 0.106 e. The molecule has 0 aliphatic carbocycles. The van der Waals surface area contributed by atoms with E-state index in [2.05, 4.69) is 35.2 Å². The molecule has 0 radical (unpaired) electrons. The van der Waals surface area contributed by atoms with Crippen LogP contribution in [0.25, 0.3) is 0 Å². The van der Waals surface area contributed by atoms with Gasteiger partial charge in [-0.25, -0.2) is 0 Å². The highest BCUT2D eigenvalue weighted by Crippen LogP contribution is 2.33. The lowest BCUT2D eigenvalue weighted by Crippen LogP contribution is -2.23. The molecule has 0 aromatic heterocycles. The van der Waals surface area contributed by atoms with Crippen LogP contribution in [0.3, 0.4) is 0 Å². The van der Waals surface area contributed by atoms with E-state index in [-0.39, 0.29) is 0 Å². The van der Waals surface area contributed by atoms with Gasteiger partial charge in [-0.05, 0) is 30.2 Å². The minimum Gasteiger partial charge on any atom is -0.389 e. The summed E-state index contributed by atoms with van der Waals surface area (Å²) < 4.78 is 0. The Kier molecular flexibility index (Phi) is 4.13. The molecular formula is C17H17ClN2S. The van der Waals surface area contributed by atoms with E-state index >= 15 is 0 Å². The fraction of sp³-hybridized carbons (Fsp3) is 0.235. The zero-order valence-electron chi connectivity index (χ0n) is 11.6. The van der Waals surface area contributed by atoms with Crippen LogP contribution < -0.4 is 10.6 Å². The third-order valence-corrected chi connectivity index (χ3v) is 4.48. The molecule has 1 atom stereocenters. The van der Waals surface area contributed by atoms with Crippen LogP contribution >= 0.6 is 23.8 Å². The predicted octanol–water partition coefficient (Wildman–Crippen LogP) is 3.97. The van der Waals surface area contributed by atoms with Gasteiger partial charge in [-0.1, -0.05) is 54.2 Å². The minimum absolute atomic E-state index is 0.399. The number of thiocarbonyl (C=S) groups is 1. The summed E-state index contributed by atoms with van der Waals surface area (Å²) in [5, 5.41) is 0.667. The van der Waals surface area contributed by atoms with Gasteiger partial charge in [0.05, 0.1) is 0 Å². The van der Waals surface area contributed by atoms with E-state index in [1.54, 1.807) is 0 Å². The Hall–Kier alpha value is -1.58. The number of hydrogen-bond acceptors (Lipinski definition) is 2. The standard InChI is InChI=1S/C17H17ClN2S/c18-14-6-7-16(15(10-14)17(19)21)20-9-8-13(11-20)12-4-2-1-3-5-12/h1-7,10,13H,8-9,11H2,(H2,19,21). The topological polar surface area (TPSA) is 29.3 Å². The Balaban J connectivity index is 1.85. The molecule has 1 fully saturated rings. The van der Waals surface area contributed by atoms with E-state index in [1.807, 2.05) is 18.2 Å². The van der Waals surface area contributed by atoms with Crippen LogP contribution in [0.5, 0.6) is 0 Å². The summed E-state index contributed by atoms with van der Waals surface area (Å²) in [5.74, 6) is 0.557. The molecule has 108 valence electrons. The van der Waals surface area contributed by atoms with Gasteiger partial charge in [-0.3, -0.25) is 0 Å². The van der Waals surface area contributed by atoms with E-state index in [4.69, 9.17) is 29.6 Å². The van der Waals surface area contributed by atoms with Gasteiger partial charge in [-0.2, -0.15) is 0 Å². The van der Waals surface area contributed by atoms with Crippen molar-refractivity contribution in [3.63, 3.8) is 0 Å². The van der Waals surface area contributed by atoms with Crippen molar-refractivity contribution in [3.05, 3.63) is 64.7 Å². The Morgan fingerprint density at radius 3 is 2.67 bits per heavy atom. The molecule has 1 aliphatic heterocycles. The molecular weight excluding hydrogens is 300 g/mol. The Labute approximate surface area is 135 Å². The number of anilines is 1. The summed E-state index contributed by atoms with van der Waals surface area (Å²) >= 11 is 11.2. The molecule has 1 heterocycles. The summed E-state index contributed by atoms with van der Waals surface area (Å²) in [4.78, 5) is 2.75. The molecule has 0 saturated carbocycles.